The molecule has 0 unspecified atom stereocenters. The molecule has 1 aromatic heterocycles. The van der Waals surface area contributed by atoms with E-state index in [-0.39, 0.29) is 11.4 Å². The molecule has 6 heteroatoms. The molecule has 0 spiro atoms. The lowest BCUT2D eigenvalue weighted by Gasteiger charge is -2.10. The number of sulfonamides is 1. The van der Waals surface area contributed by atoms with Crippen molar-refractivity contribution in [2.24, 2.45) is 0 Å². The van der Waals surface area contributed by atoms with E-state index in [2.05, 4.69) is 25.6 Å². The predicted molar refractivity (Wildman–Crippen MR) is 89.9 cm³/mol. The molecule has 0 amide bonds. The number of fused-ring (bicyclic) bond motifs is 1. The van der Waals surface area contributed by atoms with Gasteiger partial charge in [0.2, 0.25) is 10.0 Å². The molecule has 1 N–H and O–H groups in total. The molecule has 0 fully saturated rings. The Labute approximate surface area is 137 Å². The summed E-state index contributed by atoms with van der Waals surface area (Å²) in [4.78, 5) is 4.44. The van der Waals surface area contributed by atoms with E-state index in [1.54, 1.807) is 30.5 Å². The normalized spacial score (nSPS) is 11.7. The van der Waals surface area contributed by atoms with E-state index >= 15 is 0 Å². The molecular weight excluding hydrogens is 364 g/mol. The van der Waals surface area contributed by atoms with Crippen LogP contribution in [-0.2, 0) is 16.6 Å². The van der Waals surface area contributed by atoms with E-state index in [0.717, 1.165) is 9.86 Å². The largest absolute Gasteiger partial charge is 0.259 e. The summed E-state index contributed by atoms with van der Waals surface area (Å²) >= 11 is 3.36. The summed E-state index contributed by atoms with van der Waals surface area (Å²) in [5, 5.41) is 1.60. The van der Waals surface area contributed by atoms with Gasteiger partial charge in [0.05, 0.1) is 17.1 Å². The molecule has 0 bridgehead atoms. The third kappa shape index (κ3) is 3.04. The molecule has 0 aliphatic carbocycles. The van der Waals surface area contributed by atoms with E-state index in [1.165, 1.54) is 0 Å². The second kappa shape index (κ2) is 6.16. The average molecular weight is 377 g/mol. The van der Waals surface area contributed by atoms with Gasteiger partial charge in [-0.25, -0.2) is 13.1 Å². The predicted octanol–water partition coefficient (Wildman–Crippen LogP) is 3.48. The third-order valence-corrected chi connectivity index (χ3v) is 5.48. The number of hydrogen-bond donors (Lipinski definition) is 1. The Bertz CT molecular complexity index is 921. The maximum Gasteiger partial charge on any atom is 0.241 e. The number of halogens is 1. The number of benzene rings is 2. The Balaban J connectivity index is 1.94. The van der Waals surface area contributed by atoms with Crippen LogP contribution in [0.4, 0.5) is 0 Å². The summed E-state index contributed by atoms with van der Waals surface area (Å²) < 4.78 is 28.5. The minimum Gasteiger partial charge on any atom is -0.259 e. The number of hydrogen-bond acceptors (Lipinski definition) is 3. The standard InChI is InChI=1S/C16H13BrN2O2S/c17-14-8-4-10-18-15(14)11-19-22(20,21)16-9-3-6-12-5-1-2-7-13(12)16/h1-10,19H,11H2. The Morgan fingerprint density at radius 3 is 2.59 bits per heavy atom. The summed E-state index contributed by atoms with van der Waals surface area (Å²) in [6.07, 6.45) is 1.63. The van der Waals surface area contributed by atoms with Gasteiger partial charge in [-0.05, 0) is 39.5 Å². The molecule has 3 rings (SSSR count). The number of pyridine rings is 1. The molecule has 0 saturated heterocycles. The van der Waals surface area contributed by atoms with Gasteiger partial charge in [-0.1, -0.05) is 36.4 Å². The quantitative estimate of drug-likeness (QED) is 0.758. The maximum atomic E-state index is 12.6. The van der Waals surface area contributed by atoms with Crippen LogP contribution >= 0.6 is 15.9 Å². The van der Waals surface area contributed by atoms with Gasteiger partial charge in [0.25, 0.3) is 0 Å². The molecule has 0 atom stereocenters. The Hall–Kier alpha value is -1.76. The van der Waals surface area contributed by atoms with Crippen LogP contribution in [0.1, 0.15) is 5.69 Å². The molecule has 2 aromatic carbocycles. The second-order valence-electron chi connectivity index (χ2n) is 4.73. The summed E-state index contributed by atoms with van der Waals surface area (Å²) in [6, 6.07) is 16.3. The summed E-state index contributed by atoms with van der Waals surface area (Å²) in [6.45, 7) is 0.132. The van der Waals surface area contributed by atoms with E-state index in [4.69, 9.17) is 0 Å². The van der Waals surface area contributed by atoms with Crippen LogP contribution in [0.5, 0.6) is 0 Å². The number of nitrogens with zero attached hydrogens (tertiary/aromatic N) is 1. The minimum absolute atomic E-state index is 0.132. The second-order valence-corrected chi connectivity index (χ2v) is 7.32. The van der Waals surface area contributed by atoms with Crippen LogP contribution in [-0.4, -0.2) is 13.4 Å². The van der Waals surface area contributed by atoms with Gasteiger partial charge in [-0.3, -0.25) is 4.98 Å². The van der Waals surface area contributed by atoms with E-state index < -0.39 is 10.0 Å². The fourth-order valence-electron chi connectivity index (χ4n) is 2.22. The molecule has 112 valence electrons. The first-order valence-electron chi connectivity index (χ1n) is 6.65. The molecule has 0 saturated carbocycles. The van der Waals surface area contributed by atoms with Crippen LogP contribution in [0, 0.1) is 0 Å². The fraction of sp³-hybridized carbons (Fsp3) is 0.0625. The van der Waals surface area contributed by atoms with Crippen molar-refractivity contribution in [3.05, 3.63) is 71.0 Å². The Kier molecular flexibility index (Phi) is 4.24. The van der Waals surface area contributed by atoms with Crippen molar-refractivity contribution < 1.29 is 8.42 Å². The lowest BCUT2D eigenvalue weighted by Crippen LogP contribution is -2.24. The van der Waals surface area contributed by atoms with Crippen LogP contribution < -0.4 is 4.72 Å². The Morgan fingerprint density at radius 1 is 1.00 bits per heavy atom. The average Bonchev–Trinajstić information content (AvgIpc) is 2.53. The zero-order valence-corrected chi connectivity index (χ0v) is 13.9. The zero-order valence-electron chi connectivity index (χ0n) is 11.5. The van der Waals surface area contributed by atoms with E-state index in [1.807, 2.05) is 30.3 Å². The summed E-state index contributed by atoms with van der Waals surface area (Å²) in [5.41, 5.74) is 0.645. The van der Waals surface area contributed by atoms with Crippen molar-refractivity contribution >= 4 is 36.7 Å². The lowest BCUT2D eigenvalue weighted by atomic mass is 10.1. The summed E-state index contributed by atoms with van der Waals surface area (Å²) in [7, 11) is -3.61. The minimum atomic E-state index is -3.61. The van der Waals surface area contributed by atoms with Crippen molar-refractivity contribution in [3.63, 3.8) is 0 Å². The monoisotopic (exact) mass is 376 g/mol. The van der Waals surface area contributed by atoms with Crippen LogP contribution in [0.3, 0.4) is 0 Å². The van der Waals surface area contributed by atoms with Crippen LogP contribution in [0.15, 0.2) is 70.2 Å². The first kappa shape index (κ1) is 15.1. The number of nitrogens with one attached hydrogen (secondary N) is 1. The van der Waals surface area contributed by atoms with Gasteiger partial charge in [-0.15, -0.1) is 0 Å². The van der Waals surface area contributed by atoms with Crippen molar-refractivity contribution in [1.82, 2.24) is 9.71 Å². The van der Waals surface area contributed by atoms with E-state index in [9.17, 15) is 8.42 Å². The van der Waals surface area contributed by atoms with E-state index in [0.29, 0.717) is 11.1 Å². The molecule has 22 heavy (non-hydrogen) atoms. The van der Waals surface area contributed by atoms with Crippen molar-refractivity contribution in [1.29, 1.82) is 0 Å². The first-order chi connectivity index (χ1) is 10.6. The van der Waals surface area contributed by atoms with Gasteiger partial charge in [0.1, 0.15) is 0 Å². The maximum absolute atomic E-state index is 12.6. The molecule has 3 aromatic rings. The molecule has 4 nitrogen and oxygen atoms in total. The number of rotatable bonds is 4. The molecule has 1 heterocycles. The van der Waals surface area contributed by atoms with Crippen LogP contribution in [0.2, 0.25) is 0 Å². The van der Waals surface area contributed by atoms with Gasteiger partial charge in [0.15, 0.2) is 0 Å². The molecule has 0 aliphatic rings. The van der Waals surface area contributed by atoms with Gasteiger partial charge >= 0.3 is 0 Å². The van der Waals surface area contributed by atoms with Gasteiger partial charge in [-0.2, -0.15) is 0 Å². The molecule has 0 aliphatic heterocycles. The van der Waals surface area contributed by atoms with Gasteiger partial charge < -0.3 is 0 Å². The van der Waals surface area contributed by atoms with Gasteiger partial charge in [0, 0.05) is 16.1 Å². The molecule has 0 radical (unpaired) electrons. The smallest absolute Gasteiger partial charge is 0.241 e. The fourth-order valence-corrected chi connectivity index (χ4v) is 3.83. The highest BCUT2D eigenvalue weighted by molar-refractivity contribution is 9.10. The lowest BCUT2D eigenvalue weighted by molar-refractivity contribution is 0.581. The summed E-state index contributed by atoms with van der Waals surface area (Å²) in [5.74, 6) is 0. The Morgan fingerprint density at radius 2 is 1.77 bits per heavy atom. The SMILES string of the molecule is O=S(=O)(NCc1ncccc1Br)c1cccc2ccccc12. The molecular formula is C16H13BrN2O2S. The van der Waals surface area contributed by atoms with Crippen LogP contribution in [0.25, 0.3) is 10.8 Å². The van der Waals surface area contributed by atoms with Crippen molar-refractivity contribution in [3.8, 4) is 0 Å². The highest BCUT2D eigenvalue weighted by Crippen LogP contribution is 2.23. The zero-order chi connectivity index (χ0) is 15.6. The highest BCUT2D eigenvalue weighted by atomic mass is 79.9. The topological polar surface area (TPSA) is 59.1 Å². The van der Waals surface area contributed by atoms with Crippen molar-refractivity contribution in [2.45, 2.75) is 11.4 Å². The number of aromatic nitrogens is 1. The van der Waals surface area contributed by atoms with Crippen molar-refractivity contribution in [2.75, 3.05) is 0 Å². The third-order valence-electron chi connectivity index (χ3n) is 3.30. The first-order valence-corrected chi connectivity index (χ1v) is 8.92. The highest BCUT2D eigenvalue weighted by Gasteiger charge is 2.17.